The largest absolute Gasteiger partial charge is 0.293 e. The van der Waals surface area contributed by atoms with Gasteiger partial charge >= 0.3 is 0 Å². The minimum atomic E-state index is -0.00631. The smallest absolute Gasteiger partial charge is 0.179 e. The van der Waals surface area contributed by atoms with Crippen molar-refractivity contribution in [1.82, 2.24) is 14.6 Å². The van der Waals surface area contributed by atoms with E-state index in [4.69, 9.17) is 0 Å². The van der Waals surface area contributed by atoms with Gasteiger partial charge in [-0.1, -0.05) is 4.49 Å². The van der Waals surface area contributed by atoms with E-state index in [9.17, 15) is 4.79 Å². The van der Waals surface area contributed by atoms with E-state index in [1.54, 1.807) is 0 Å². The highest BCUT2D eigenvalue weighted by Gasteiger charge is 2.13. The van der Waals surface area contributed by atoms with E-state index < -0.39 is 0 Å². The second kappa shape index (κ2) is 3.55. The predicted molar refractivity (Wildman–Crippen MR) is 55.8 cm³/mol. The van der Waals surface area contributed by atoms with Crippen LogP contribution in [0.25, 0.3) is 10.7 Å². The van der Waals surface area contributed by atoms with Crippen LogP contribution in [0.3, 0.4) is 0 Å². The van der Waals surface area contributed by atoms with Gasteiger partial charge in [-0.25, -0.2) is 4.98 Å². The third-order valence-corrected chi connectivity index (χ3v) is 3.21. The maximum absolute atomic E-state index is 11.2. The summed E-state index contributed by atoms with van der Waals surface area (Å²) < 4.78 is 3.76. The van der Waals surface area contributed by atoms with E-state index in [2.05, 4.69) is 14.6 Å². The summed E-state index contributed by atoms with van der Waals surface area (Å²) in [5.41, 5.74) is 1.29. The summed E-state index contributed by atoms with van der Waals surface area (Å²) in [6, 6.07) is 0. The van der Waals surface area contributed by atoms with Gasteiger partial charge in [0.25, 0.3) is 0 Å². The Balaban J connectivity index is 2.48. The molecular weight excluding hydrogens is 218 g/mol. The SMILES string of the molecule is CC(=O)c1nc(-c2csnn2)sc1C. The number of aryl methyl sites for hydroxylation is 1. The number of nitrogens with zero attached hydrogens (tertiary/aromatic N) is 3. The van der Waals surface area contributed by atoms with E-state index in [0.717, 1.165) is 15.6 Å². The van der Waals surface area contributed by atoms with Gasteiger partial charge < -0.3 is 0 Å². The molecule has 6 heteroatoms. The highest BCUT2D eigenvalue weighted by molar-refractivity contribution is 7.15. The van der Waals surface area contributed by atoms with Crippen LogP contribution >= 0.6 is 22.9 Å². The third-order valence-electron chi connectivity index (χ3n) is 1.71. The number of carbonyl (C=O) groups excluding carboxylic acids is 1. The fraction of sp³-hybridized carbons (Fsp3) is 0.250. The highest BCUT2D eigenvalue weighted by atomic mass is 32.1. The molecule has 2 aromatic rings. The van der Waals surface area contributed by atoms with Crippen molar-refractivity contribution in [3.63, 3.8) is 0 Å². The quantitative estimate of drug-likeness (QED) is 0.735. The summed E-state index contributed by atoms with van der Waals surface area (Å²) in [5.74, 6) is -0.00631. The summed E-state index contributed by atoms with van der Waals surface area (Å²) in [7, 11) is 0. The van der Waals surface area contributed by atoms with Crippen LogP contribution in [0, 0.1) is 6.92 Å². The van der Waals surface area contributed by atoms with Gasteiger partial charge in [-0.2, -0.15) is 0 Å². The van der Waals surface area contributed by atoms with Crippen molar-refractivity contribution in [2.24, 2.45) is 0 Å². The number of aromatic nitrogens is 3. The summed E-state index contributed by atoms with van der Waals surface area (Å²) in [4.78, 5) is 16.3. The first-order valence-corrected chi connectivity index (χ1v) is 5.59. The Morgan fingerprint density at radius 2 is 2.29 bits per heavy atom. The molecule has 72 valence electrons. The summed E-state index contributed by atoms with van der Waals surface area (Å²) in [6.45, 7) is 3.41. The zero-order chi connectivity index (χ0) is 10.1. The molecule has 0 radical (unpaired) electrons. The molecule has 0 amide bonds. The normalized spacial score (nSPS) is 10.4. The molecule has 0 aliphatic carbocycles. The topological polar surface area (TPSA) is 55.7 Å². The van der Waals surface area contributed by atoms with Gasteiger partial charge in [0.15, 0.2) is 5.78 Å². The van der Waals surface area contributed by atoms with Crippen molar-refractivity contribution in [1.29, 1.82) is 0 Å². The first-order chi connectivity index (χ1) is 6.68. The molecule has 0 saturated carbocycles. The van der Waals surface area contributed by atoms with E-state index in [1.165, 1.54) is 29.8 Å². The van der Waals surface area contributed by atoms with Crippen LogP contribution in [0.15, 0.2) is 5.38 Å². The molecule has 0 atom stereocenters. The van der Waals surface area contributed by atoms with Crippen molar-refractivity contribution in [3.8, 4) is 10.7 Å². The molecule has 0 spiro atoms. The number of carbonyl (C=O) groups is 1. The first-order valence-electron chi connectivity index (χ1n) is 3.94. The van der Waals surface area contributed by atoms with Crippen LogP contribution in [-0.2, 0) is 0 Å². The van der Waals surface area contributed by atoms with Crippen LogP contribution < -0.4 is 0 Å². The number of ketones is 1. The van der Waals surface area contributed by atoms with Crippen LogP contribution in [-0.4, -0.2) is 20.4 Å². The van der Waals surface area contributed by atoms with Crippen molar-refractivity contribution >= 4 is 28.7 Å². The fourth-order valence-corrected chi connectivity index (χ4v) is 2.52. The van der Waals surface area contributed by atoms with Gasteiger partial charge in [-0.3, -0.25) is 4.79 Å². The van der Waals surface area contributed by atoms with Crippen LogP contribution in [0.5, 0.6) is 0 Å². The third kappa shape index (κ3) is 1.58. The average Bonchev–Trinajstić information content (AvgIpc) is 2.70. The predicted octanol–water partition coefficient (Wildman–Crippen LogP) is 2.17. The number of hydrogen-bond donors (Lipinski definition) is 0. The maximum atomic E-state index is 11.2. The zero-order valence-electron chi connectivity index (χ0n) is 7.64. The Kier molecular flexibility index (Phi) is 2.39. The molecule has 0 saturated heterocycles. The highest BCUT2D eigenvalue weighted by Crippen LogP contribution is 2.26. The van der Waals surface area contributed by atoms with E-state index >= 15 is 0 Å². The number of rotatable bonds is 2. The van der Waals surface area contributed by atoms with Crippen LogP contribution in [0.4, 0.5) is 0 Å². The zero-order valence-corrected chi connectivity index (χ0v) is 9.28. The Bertz CT molecular complexity index is 461. The van der Waals surface area contributed by atoms with Gasteiger partial charge in [0.1, 0.15) is 16.4 Å². The number of hydrogen-bond acceptors (Lipinski definition) is 6. The molecule has 0 aliphatic rings. The van der Waals surface area contributed by atoms with Gasteiger partial charge in [-0.05, 0) is 18.5 Å². The van der Waals surface area contributed by atoms with Gasteiger partial charge in [0.2, 0.25) is 0 Å². The van der Waals surface area contributed by atoms with Gasteiger partial charge in [0.05, 0.1) is 0 Å². The lowest BCUT2D eigenvalue weighted by Crippen LogP contribution is -1.94. The van der Waals surface area contributed by atoms with Crippen LogP contribution in [0.1, 0.15) is 22.3 Å². The van der Waals surface area contributed by atoms with Crippen molar-refractivity contribution in [2.45, 2.75) is 13.8 Å². The molecule has 0 bridgehead atoms. The number of thiazole rings is 1. The summed E-state index contributed by atoms with van der Waals surface area (Å²) >= 11 is 2.75. The Morgan fingerprint density at radius 3 is 2.79 bits per heavy atom. The van der Waals surface area contributed by atoms with Gasteiger partial charge in [0, 0.05) is 17.2 Å². The molecule has 2 heterocycles. The van der Waals surface area contributed by atoms with Crippen molar-refractivity contribution < 1.29 is 4.79 Å². The van der Waals surface area contributed by atoms with E-state index in [-0.39, 0.29) is 5.78 Å². The molecule has 4 nitrogen and oxygen atoms in total. The average molecular weight is 225 g/mol. The van der Waals surface area contributed by atoms with Crippen molar-refractivity contribution in [3.05, 3.63) is 16.0 Å². The van der Waals surface area contributed by atoms with Crippen LogP contribution in [0.2, 0.25) is 0 Å². The lowest BCUT2D eigenvalue weighted by molar-refractivity contribution is 0.101. The lowest BCUT2D eigenvalue weighted by atomic mass is 10.3. The molecule has 0 unspecified atom stereocenters. The Morgan fingerprint density at radius 1 is 1.50 bits per heavy atom. The molecule has 0 fully saturated rings. The number of Topliss-reactive ketones (excluding diaryl/α,β-unsaturated/α-hetero) is 1. The standard InChI is InChI=1S/C8H7N3OS2/c1-4(12)7-5(2)14-8(9-7)6-3-13-11-10-6/h3H,1-2H3. The molecule has 0 aromatic carbocycles. The monoisotopic (exact) mass is 225 g/mol. The molecule has 0 N–H and O–H groups in total. The molecule has 14 heavy (non-hydrogen) atoms. The fourth-order valence-electron chi connectivity index (χ4n) is 1.09. The molecule has 2 rings (SSSR count). The van der Waals surface area contributed by atoms with Crippen molar-refractivity contribution in [2.75, 3.05) is 0 Å². The summed E-state index contributed by atoms with van der Waals surface area (Å²) in [6.07, 6.45) is 0. The van der Waals surface area contributed by atoms with E-state index in [0.29, 0.717) is 5.69 Å². The first kappa shape index (κ1) is 9.42. The second-order valence-corrected chi connectivity index (χ2v) is 4.58. The maximum Gasteiger partial charge on any atom is 0.179 e. The second-order valence-electron chi connectivity index (χ2n) is 2.77. The Labute approximate surface area is 88.8 Å². The lowest BCUT2D eigenvalue weighted by Gasteiger charge is -1.86. The molecule has 2 aromatic heterocycles. The molecular formula is C8H7N3OS2. The van der Waals surface area contributed by atoms with Gasteiger partial charge in [-0.15, -0.1) is 16.4 Å². The van der Waals surface area contributed by atoms with E-state index in [1.807, 2.05) is 12.3 Å². The molecule has 0 aliphatic heterocycles. The minimum Gasteiger partial charge on any atom is -0.293 e. The Hall–Kier alpha value is -1.14. The minimum absolute atomic E-state index is 0.00631. The summed E-state index contributed by atoms with van der Waals surface area (Å²) in [5, 5.41) is 6.49.